The van der Waals surface area contributed by atoms with E-state index in [1.54, 1.807) is 19.2 Å². The number of hydrogen-bond donors (Lipinski definition) is 0. The van der Waals surface area contributed by atoms with Crippen molar-refractivity contribution in [2.24, 2.45) is 0 Å². The van der Waals surface area contributed by atoms with E-state index < -0.39 is 4.92 Å². The number of nitro groups is 1. The van der Waals surface area contributed by atoms with Crippen molar-refractivity contribution in [2.45, 2.75) is 6.92 Å². The van der Waals surface area contributed by atoms with Crippen LogP contribution in [0.2, 0.25) is 0 Å². The summed E-state index contributed by atoms with van der Waals surface area (Å²) in [6.07, 6.45) is 1.58. The van der Waals surface area contributed by atoms with E-state index in [-0.39, 0.29) is 5.69 Å². The summed E-state index contributed by atoms with van der Waals surface area (Å²) in [6.45, 7) is 8.51. The van der Waals surface area contributed by atoms with Crippen LogP contribution in [0, 0.1) is 22.0 Å². The molecule has 104 valence electrons. The van der Waals surface area contributed by atoms with Crippen LogP contribution < -0.4 is 4.90 Å². The number of allylic oxidation sites excluding steroid dienone is 1. The highest BCUT2D eigenvalue weighted by Gasteiger charge is 2.24. The summed E-state index contributed by atoms with van der Waals surface area (Å²) in [5.74, 6) is 6.20. The van der Waals surface area contributed by atoms with E-state index in [2.05, 4.69) is 28.3 Å². The predicted octanol–water partition coefficient (Wildman–Crippen LogP) is 1.65. The van der Waals surface area contributed by atoms with Gasteiger partial charge in [0.15, 0.2) is 0 Å². The SMILES string of the molecule is C=C(C#CC)N1CCN(c2ncccc2[N+](=O)[O-])CC1. The fraction of sp³-hybridized carbons (Fsp3) is 0.357. The van der Waals surface area contributed by atoms with Crippen LogP contribution in [-0.2, 0) is 0 Å². The fourth-order valence-electron chi connectivity index (χ4n) is 2.19. The average molecular weight is 272 g/mol. The Morgan fingerprint density at radius 1 is 1.45 bits per heavy atom. The molecule has 6 heteroatoms. The van der Waals surface area contributed by atoms with E-state index in [1.165, 1.54) is 6.07 Å². The molecule has 20 heavy (non-hydrogen) atoms. The molecule has 0 saturated carbocycles. The second-order valence-corrected chi connectivity index (χ2v) is 4.40. The maximum atomic E-state index is 11.0. The molecule has 1 fully saturated rings. The monoisotopic (exact) mass is 272 g/mol. The maximum absolute atomic E-state index is 11.0. The molecule has 0 amide bonds. The van der Waals surface area contributed by atoms with Gasteiger partial charge >= 0.3 is 5.69 Å². The molecule has 0 radical (unpaired) electrons. The number of piperazine rings is 1. The van der Waals surface area contributed by atoms with E-state index in [0.717, 1.165) is 18.8 Å². The van der Waals surface area contributed by atoms with Gasteiger partial charge in [-0.15, -0.1) is 0 Å². The van der Waals surface area contributed by atoms with Crippen LogP contribution in [0.15, 0.2) is 30.6 Å². The molecule has 0 spiro atoms. The van der Waals surface area contributed by atoms with Crippen LogP contribution >= 0.6 is 0 Å². The van der Waals surface area contributed by atoms with Gasteiger partial charge < -0.3 is 9.80 Å². The van der Waals surface area contributed by atoms with Crippen molar-refractivity contribution in [3.05, 3.63) is 40.7 Å². The molecule has 2 rings (SSSR count). The summed E-state index contributed by atoms with van der Waals surface area (Å²) in [7, 11) is 0. The highest BCUT2D eigenvalue weighted by atomic mass is 16.6. The van der Waals surface area contributed by atoms with Crippen molar-refractivity contribution in [3.8, 4) is 11.8 Å². The maximum Gasteiger partial charge on any atom is 0.311 e. The number of hydrogen-bond acceptors (Lipinski definition) is 5. The lowest BCUT2D eigenvalue weighted by Crippen LogP contribution is -2.46. The first-order valence-electron chi connectivity index (χ1n) is 6.34. The standard InChI is InChI=1S/C14H16N4O2/c1-3-5-12(2)16-8-10-17(11-9-16)14-13(18(19)20)6-4-7-15-14/h4,6-7H,2,8-11H2,1H3. The third-order valence-electron chi connectivity index (χ3n) is 3.19. The fourth-order valence-corrected chi connectivity index (χ4v) is 2.19. The van der Waals surface area contributed by atoms with Crippen molar-refractivity contribution in [2.75, 3.05) is 31.1 Å². The molecule has 0 aromatic carbocycles. The van der Waals surface area contributed by atoms with Crippen LogP contribution in [0.25, 0.3) is 0 Å². The van der Waals surface area contributed by atoms with E-state index in [9.17, 15) is 10.1 Å². The Balaban J connectivity index is 2.09. The van der Waals surface area contributed by atoms with Crippen LogP contribution in [-0.4, -0.2) is 41.0 Å². The normalized spacial score (nSPS) is 14.4. The molecule has 0 aliphatic carbocycles. The Morgan fingerprint density at radius 3 is 2.75 bits per heavy atom. The molecule has 0 unspecified atom stereocenters. The van der Waals surface area contributed by atoms with Crippen LogP contribution in [0.5, 0.6) is 0 Å². The van der Waals surface area contributed by atoms with Crippen LogP contribution in [0.1, 0.15) is 6.92 Å². The van der Waals surface area contributed by atoms with Crippen molar-refractivity contribution in [1.82, 2.24) is 9.88 Å². The number of pyridine rings is 1. The zero-order valence-corrected chi connectivity index (χ0v) is 11.4. The molecule has 0 N–H and O–H groups in total. The highest BCUT2D eigenvalue weighted by Crippen LogP contribution is 2.25. The smallest absolute Gasteiger partial charge is 0.311 e. The average Bonchev–Trinajstić information content (AvgIpc) is 2.47. The minimum absolute atomic E-state index is 0.0492. The summed E-state index contributed by atoms with van der Waals surface area (Å²) in [6, 6.07) is 3.06. The largest absolute Gasteiger partial charge is 0.362 e. The first kappa shape index (κ1) is 13.9. The quantitative estimate of drug-likeness (QED) is 0.475. The summed E-state index contributed by atoms with van der Waals surface area (Å²) in [5.41, 5.74) is 0.843. The molecule has 0 atom stereocenters. The minimum Gasteiger partial charge on any atom is -0.362 e. The zero-order chi connectivity index (χ0) is 14.5. The number of rotatable bonds is 3. The molecule has 1 aromatic heterocycles. The molecule has 1 aliphatic rings. The number of anilines is 1. The molecular formula is C14H16N4O2. The van der Waals surface area contributed by atoms with Crippen molar-refractivity contribution in [3.63, 3.8) is 0 Å². The number of nitrogens with zero attached hydrogens (tertiary/aromatic N) is 4. The third kappa shape index (κ3) is 2.88. The topological polar surface area (TPSA) is 62.5 Å². The van der Waals surface area contributed by atoms with Gasteiger partial charge in [0, 0.05) is 38.4 Å². The second-order valence-electron chi connectivity index (χ2n) is 4.40. The Kier molecular flexibility index (Phi) is 4.20. The van der Waals surface area contributed by atoms with Gasteiger partial charge in [-0.2, -0.15) is 0 Å². The van der Waals surface area contributed by atoms with Gasteiger partial charge in [-0.1, -0.05) is 18.4 Å². The lowest BCUT2D eigenvalue weighted by Gasteiger charge is -2.35. The van der Waals surface area contributed by atoms with Gasteiger partial charge in [-0.25, -0.2) is 4.98 Å². The summed E-state index contributed by atoms with van der Waals surface area (Å²) in [4.78, 5) is 18.8. The van der Waals surface area contributed by atoms with Crippen molar-refractivity contribution < 1.29 is 4.92 Å². The zero-order valence-electron chi connectivity index (χ0n) is 11.4. The summed E-state index contributed by atoms with van der Waals surface area (Å²) >= 11 is 0. The van der Waals surface area contributed by atoms with Crippen LogP contribution in [0.4, 0.5) is 11.5 Å². The Hall–Kier alpha value is -2.55. The Labute approximate surface area is 117 Å². The van der Waals surface area contributed by atoms with Crippen molar-refractivity contribution >= 4 is 11.5 Å². The molecule has 1 aromatic rings. The minimum atomic E-state index is -0.393. The van der Waals surface area contributed by atoms with Crippen molar-refractivity contribution in [1.29, 1.82) is 0 Å². The second kappa shape index (κ2) is 6.06. The third-order valence-corrected chi connectivity index (χ3v) is 3.19. The molecular weight excluding hydrogens is 256 g/mol. The van der Waals surface area contributed by atoms with Gasteiger partial charge in [0.1, 0.15) is 0 Å². The van der Waals surface area contributed by atoms with E-state index in [4.69, 9.17) is 0 Å². The van der Waals surface area contributed by atoms with Gasteiger partial charge in [0.2, 0.25) is 5.82 Å². The molecule has 1 saturated heterocycles. The lowest BCUT2D eigenvalue weighted by atomic mass is 10.2. The van der Waals surface area contributed by atoms with E-state index in [1.807, 2.05) is 4.90 Å². The lowest BCUT2D eigenvalue weighted by molar-refractivity contribution is -0.384. The van der Waals surface area contributed by atoms with E-state index in [0.29, 0.717) is 18.9 Å². The summed E-state index contributed by atoms with van der Waals surface area (Å²) in [5, 5.41) is 11.0. The molecule has 0 bridgehead atoms. The van der Waals surface area contributed by atoms with Crippen LogP contribution in [0.3, 0.4) is 0 Å². The molecule has 2 heterocycles. The molecule has 6 nitrogen and oxygen atoms in total. The highest BCUT2D eigenvalue weighted by molar-refractivity contribution is 5.57. The first-order valence-corrected chi connectivity index (χ1v) is 6.34. The van der Waals surface area contributed by atoms with Gasteiger partial charge in [-0.05, 0) is 13.0 Å². The Bertz CT molecular complexity index is 580. The summed E-state index contributed by atoms with van der Waals surface area (Å²) < 4.78 is 0. The van der Waals surface area contributed by atoms with Gasteiger partial charge in [-0.3, -0.25) is 10.1 Å². The van der Waals surface area contributed by atoms with Gasteiger partial charge in [0.05, 0.1) is 10.6 Å². The number of aromatic nitrogens is 1. The first-order chi connectivity index (χ1) is 9.63. The van der Waals surface area contributed by atoms with E-state index >= 15 is 0 Å². The predicted molar refractivity (Wildman–Crippen MR) is 77.3 cm³/mol. The van der Waals surface area contributed by atoms with Gasteiger partial charge in [0.25, 0.3) is 0 Å². The Morgan fingerprint density at radius 2 is 2.15 bits per heavy atom. The molecule has 1 aliphatic heterocycles.